The van der Waals surface area contributed by atoms with Crippen molar-refractivity contribution in [3.05, 3.63) is 33.2 Å². The summed E-state index contributed by atoms with van der Waals surface area (Å²) in [5.74, 6) is -0.430. The first-order valence-electron chi connectivity index (χ1n) is 6.08. The number of carbonyl (C=O) groups excluding carboxylic acids is 1. The number of carbonyl (C=O) groups is 1. The zero-order valence-corrected chi connectivity index (χ0v) is 11.4. The molecule has 2 heterocycles. The third-order valence-electron chi connectivity index (χ3n) is 2.56. The largest absolute Gasteiger partial charge is 0.463 e. The molecule has 2 aromatic rings. The van der Waals surface area contributed by atoms with E-state index in [9.17, 15) is 9.59 Å². The number of nitrogens with zero attached hydrogens (tertiary/aromatic N) is 2. The van der Waals surface area contributed by atoms with Crippen LogP contribution in [0.15, 0.2) is 10.9 Å². The first-order chi connectivity index (χ1) is 9.51. The molecule has 2 aromatic heterocycles. The van der Waals surface area contributed by atoms with Crippen molar-refractivity contribution in [2.24, 2.45) is 0 Å². The zero-order chi connectivity index (χ0) is 14.7. The summed E-state index contributed by atoms with van der Waals surface area (Å²) in [6.07, 6.45) is 0. The number of aromatic nitrogens is 4. The fraction of sp³-hybridized carbons (Fsp3) is 0.333. The van der Waals surface area contributed by atoms with Crippen molar-refractivity contribution in [1.82, 2.24) is 20.2 Å². The van der Waals surface area contributed by atoms with Crippen LogP contribution in [-0.2, 0) is 0 Å². The van der Waals surface area contributed by atoms with Crippen LogP contribution in [0.1, 0.15) is 28.5 Å². The highest BCUT2D eigenvalue weighted by Crippen LogP contribution is 2.09. The molecule has 2 rings (SSSR count). The van der Waals surface area contributed by atoms with Gasteiger partial charge in [-0.3, -0.25) is 14.9 Å². The summed E-state index contributed by atoms with van der Waals surface area (Å²) in [6, 6.07) is 1.86. The zero-order valence-electron chi connectivity index (χ0n) is 11.4. The molecule has 0 aliphatic carbocycles. The summed E-state index contributed by atoms with van der Waals surface area (Å²) in [6.45, 7) is 5.66. The van der Waals surface area contributed by atoms with Crippen LogP contribution in [0.4, 0.5) is 5.95 Å². The molecule has 0 spiro atoms. The summed E-state index contributed by atoms with van der Waals surface area (Å²) in [7, 11) is 0. The van der Waals surface area contributed by atoms with Crippen LogP contribution in [0, 0.1) is 13.8 Å². The number of H-pyrrole nitrogens is 2. The van der Waals surface area contributed by atoms with Crippen molar-refractivity contribution >= 4 is 11.9 Å². The number of anilines is 1. The minimum absolute atomic E-state index is 0.0463. The summed E-state index contributed by atoms with van der Waals surface area (Å²) in [5.41, 5.74) is 0.894. The lowest BCUT2D eigenvalue weighted by Gasteiger charge is -2.05. The van der Waals surface area contributed by atoms with Crippen LogP contribution in [0.2, 0.25) is 0 Å². The van der Waals surface area contributed by atoms with E-state index in [-0.39, 0.29) is 17.5 Å². The van der Waals surface area contributed by atoms with Crippen molar-refractivity contribution in [2.75, 3.05) is 11.9 Å². The lowest BCUT2D eigenvalue weighted by Crippen LogP contribution is -2.25. The van der Waals surface area contributed by atoms with E-state index in [1.165, 1.54) is 0 Å². The predicted molar refractivity (Wildman–Crippen MR) is 72.0 cm³/mol. The van der Waals surface area contributed by atoms with E-state index in [1.54, 1.807) is 26.8 Å². The van der Waals surface area contributed by atoms with E-state index in [0.717, 1.165) is 0 Å². The molecule has 0 aromatic carbocycles. The lowest BCUT2D eigenvalue weighted by atomic mass is 10.1. The molecule has 0 saturated heterocycles. The molecule has 0 aliphatic rings. The minimum Gasteiger partial charge on any atom is -0.463 e. The van der Waals surface area contributed by atoms with Gasteiger partial charge in [0.05, 0.1) is 6.61 Å². The predicted octanol–water partition coefficient (Wildman–Crippen LogP) is 0.761. The first-order valence-corrected chi connectivity index (χ1v) is 6.08. The van der Waals surface area contributed by atoms with E-state index in [0.29, 0.717) is 17.9 Å². The van der Waals surface area contributed by atoms with Gasteiger partial charge < -0.3 is 9.72 Å². The van der Waals surface area contributed by atoms with Crippen molar-refractivity contribution in [1.29, 1.82) is 0 Å². The summed E-state index contributed by atoms with van der Waals surface area (Å²) in [4.78, 5) is 30.4. The van der Waals surface area contributed by atoms with E-state index >= 15 is 0 Å². The summed E-state index contributed by atoms with van der Waals surface area (Å²) < 4.78 is 5.06. The van der Waals surface area contributed by atoms with Gasteiger partial charge in [-0.25, -0.2) is 5.10 Å². The second-order valence-corrected chi connectivity index (χ2v) is 4.19. The number of pyridine rings is 1. The topological polar surface area (TPSA) is 113 Å². The molecule has 106 valence electrons. The van der Waals surface area contributed by atoms with Gasteiger partial charge in [0.2, 0.25) is 5.95 Å². The van der Waals surface area contributed by atoms with Crippen LogP contribution in [0.3, 0.4) is 0 Å². The van der Waals surface area contributed by atoms with Crippen molar-refractivity contribution < 1.29 is 9.53 Å². The highest BCUT2D eigenvalue weighted by Gasteiger charge is 2.16. The highest BCUT2D eigenvalue weighted by molar-refractivity contribution is 6.04. The molecular weight excluding hydrogens is 262 g/mol. The van der Waals surface area contributed by atoms with E-state index < -0.39 is 11.5 Å². The molecule has 20 heavy (non-hydrogen) atoms. The Morgan fingerprint density at radius 2 is 2.20 bits per heavy atom. The van der Waals surface area contributed by atoms with Crippen LogP contribution < -0.4 is 15.6 Å². The SMILES string of the molecule is CCOc1n[nH]c(NC(=O)c2c(C)cc(C)[nH]c2=O)n1. The van der Waals surface area contributed by atoms with Crippen LogP contribution in [0.25, 0.3) is 0 Å². The maximum atomic E-state index is 12.1. The molecule has 3 N–H and O–H groups in total. The van der Waals surface area contributed by atoms with Gasteiger partial charge in [0.25, 0.3) is 11.5 Å². The van der Waals surface area contributed by atoms with Crippen molar-refractivity contribution in [3.63, 3.8) is 0 Å². The standard InChI is InChI=1S/C12H15N5O3/c1-4-20-12-15-11(16-17-12)14-10(19)8-6(2)5-7(3)13-9(8)18/h5H,4H2,1-3H3,(H,13,18)(H2,14,15,16,17,19). The Morgan fingerprint density at radius 1 is 1.45 bits per heavy atom. The number of aryl methyl sites for hydroxylation is 2. The van der Waals surface area contributed by atoms with Gasteiger partial charge in [0.15, 0.2) is 0 Å². The number of hydrogen-bond acceptors (Lipinski definition) is 5. The van der Waals surface area contributed by atoms with E-state index in [2.05, 4.69) is 25.5 Å². The number of ether oxygens (including phenoxy) is 1. The summed E-state index contributed by atoms with van der Waals surface area (Å²) >= 11 is 0. The molecule has 8 nitrogen and oxygen atoms in total. The number of nitrogens with one attached hydrogen (secondary N) is 3. The second-order valence-electron chi connectivity index (χ2n) is 4.19. The smallest absolute Gasteiger partial charge is 0.337 e. The molecule has 0 aliphatic heterocycles. The molecule has 0 radical (unpaired) electrons. The fourth-order valence-electron chi connectivity index (χ4n) is 1.80. The van der Waals surface area contributed by atoms with Gasteiger partial charge >= 0.3 is 6.01 Å². The molecule has 0 saturated carbocycles. The van der Waals surface area contributed by atoms with Crippen LogP contribution in [-0.4, -0.2) is 32.7 Å². The molecule has 0 bridgehead atoms. The Balaban J connectivity index is 2.22. The van der Waals surface area contributed by atoms with Crippen LogP contribution in [0.5, 0.6) is 6.01 Å². The van der Waals surface area contributed by atoms with Gasteiger partial charge in [0.1, 0.15) is 5.56 Å². The van der Waals surface area contributed by atoms with Crippen LogP contribution >= 0.6 is 0 Å². The van der Waals surface area contributed by atoms with E-state index in [1.807, 2.05) is 0 Å². The van der Waals surface area contributed by atoms with Gasteiger partial charge in [-0.15, -0.1) is 5.10 Å². The average Bonchev–Trinajstić information content (AvgIpc) is 2.75. The fourth-order valence-corrected chi connectivity index (χ4v) is 1.80. The molecule has 1 amide bonds. The quantitative estimate of drug-likeness (QED) is 0.763. The molecule has 0 unspecified atom stereocenters. The summed E-state index contributed by atoms with van der Waals surface area (Å²) in [5, 5.41) is 8.73. The minimum atomic E-state index is -0.553. The number of hydrogen-bond donors (Lipinski definition) is 3. The highest BCUT2D eigenvalue weighted by atomic mass is 16.5. The Labute approximate surface area is 114 Å². The normalized spacial score (nSPS) is 10.3. The third kappa shape index (κ3) is 2.85. The Morgan fingerprint density at radius 3 is 2.85 bits per heavy atom. The number of aromatic amines is 2. The van der Waals surface area contributed by atoms with Gasteiger partial charge in [-0.1, -0.05) is 0 Å². The molecule has 0 atom stereocenters. The third-order valence-corrected chi connectivity index (χ3v) is 2.56. The monoisotopic (exact) mass is 277 g/mol. The van der Waals surface area contributed by atoms with Crippen molar-refractivity contribution in [2.45, 2.75) is 20.8 Å². The average molecular weight is 277 g/mol. The van der Waals surface area contributed by atoms with Crippen molar-refractivity contribution in [3.8, 4) is 6.01 Å². The Kier molecular flexibility index (Phi) is 3.83. The molecular formula is C12H15N5O3. The van der Waals surface area contributed by atoms with E-state index in [4.69, 9.17) is 4.74 Å². The number of amides is 1. The Hall–Kier alpha value is -2.64. The molecule has 8 heteroatoms. The Bertz CT molecular complexity index is 689. The maximum Gasteiger partial charge on any atom is 0.337 e. The first kappa shape index (κ1) is 13.8. The van der Waals surface area contributed by atoms with Gasteiger partial charge in [0, 0.05) is 5.69 Å². The second kappa shape index (κ2) is 5.55. The van der Waals surface area contributed by atoms with Gasteiger partial charge in [-0.2, -0.15) is 4.98 Å². The molecule has 0 fully saturated rings. The van der Waals surface area contributed by atoms with Gasteiger partial charge in [-0.05, 0) is 32.4 Å². The number of rotatable bonds is 4. The maximum absolute atomic E-state index is 12.1. The lowest BCUT2D eigenvalue weighted by molar-refractivity contribution is 0.102.